The maximum Gasteiger partial charge on any atom is 0.224 e. The minimum Gasteiger partial charge on any atom is -0.504 e. The van der Waals surface area contributed by atoms with E-state index in [1.54, 1.807) is 12.1 Å². The van der Waals surface area contributed by atoms with Gasteiger partial charge in [-0.1, -0.05) is 26.8 Å². The molecule has 22 heavy (non-hydrogen) atoms. The molecule has 1 amide bonds. The highest BCUT2D eigenvalue weighted by Crippen LogP contribution is 2.53. The van der Waals surface area contributed by atoms with Gasteiger partial charge in [0.25, 0.3) is 0 Å². The second-order valence-corrected chi connectivity index (χ2v) is 6.92. The molecule has 1 aliphatic carbocycles. The van der Waals surface area contributed by atoms with Gasteiger partial charge in [0.15, 0.2) is 11.5 Å². The van der Waals surface area contributed by atoms with Crippen LogP contribution in [0.4, 0.5) is 0 Å². The lowest BCUT2D eigenvalue weighted by molar-refractivity contribution is -0.134. The SMILES string of the molecule is COc1ccc(C2CC(C)CCC2(C(N)=O)C(C)C)cc1O. The van der Waals surface area contributed by atoms with Crippen molar-refractivity contribution in [3.05, 3.63) is 23.8 Å². The maximum absolute atomic E-state index is 12.4. The van der Waals surface area contributed by atoms with Crippen LogP contribution in [0.3, 0.4) is 0 Å². The number of carbonyl (C=O) groups is 1. The van der Waals surface area contributed by atoms with Crippen LogP contribution in [0.1, 0.15) is 51.5 Å². The van der Waals surface area contributed by atoms with Crippen LogP contribution in [0.2, 0.25) is 0 Å². The molecule has 0 saturated heterocycles. The Balaban J connectivity index is 2.51. The molecule has 0 radical (unpaired) electrons. The molecule has 0 spiro atoms. The molecule has 2 rings (SSSR count). The van der Waals surface area contributed by atoms with E-state index in [1.165, 1.54) is 7.11 Å². The van der Waals surface area contributed by atoms with E-state index in [0.29, 0.717) is 11.7 Å². The number of ether oxygens (including phenoxy) is 1. The van der Waals surface area contributed by atoms with Gasteiger partial charge in [-0.3, -0.25) is 4.79 Å². The molecule has 3 N–H and O–H groups in total. The first-order valence-electron chi connectivity index (χ1n) is 7.99. The Kier molecular flexibility index (Phi) is 4.69. The third-order valence-corrected chi connectivity index (χ3v) is 5.40. The molecular formula is C18H27NO3. The molecule has 0 heterocycles. The lowest BCUT2D eigenvalue weighted by Gasteiger charge is -2.47. The minimum absolute atomic E-state index is 0.0329. The Bertz CT molecular complexity index is 555. The number of hydrogen-bond donors (Lipinski definition) is 2. The number of carbonyl (C=O) groups excluding carboxylic acids is 1. The van der Waals surface area contributed by atoms with Gasteiger partial charge in [0.1, 0.15) is 0 Å². The second-order valence-electron chi connectivity index (χ2n) is 6.92. The van der Waals surface area contributed by atoms with Gasteiger partial charge in [-0.15, -0.1) is 0 Å². The summed E-state index contributed by atoms with van der Waals surface area (Å²) in [5.41, 5.74) is 6.27. The third-order valence-electron chi connectivity index (χ3n) is 5.40. The van der Waals surface area contributed by atoms with E-state index >= 15 is 0 Å². The Hall–Kier alpha value is -1.71. The van der Waals surface area contributed by atoms with E-state index < -0.39 is 5.41 Å². The highest BCUT2D eigenvalue weighted by molar-refractivity contribution is 5.82. The topological polar surface area (TPSA) is 72.5 Å². The zero-order chi connectivity index (χ0) is 16.5. The third kappa shape index (κ3) is 2.67. The average Bonchev–Trinajstić information content (AvgIpc) is 2.46. The normalized spacial score (nSPS) is 28.6. The summed E-state index contributed by atoms with van der Waals surface area (Å²) >= 11 is 0. The van der Waals surface area contributed by atoms with Crippen LogP contribution in [-0.4, -0.2) is 18.1 Å². The summed E-state index contributed by atoms with van der Waals surface area (Å²) in [5.74, 6) is 1.06. The molecular weight excluding hydrogens is 278 g/mol. The average molecular weight is 305 g/mol. The molecule has 1 aromatic carbocycles. The number of benzene rings is 1. The fraction of sp³-hybridized carbons (Fsp3) is 0.611. The number of phenolic OH excluding ortho intramolecular Hbond substituents is 1. The molecule has 0 bridgehead atoms. The van der Waals surface area contributed by atoms with E-state index in [0.717, 1.165) is 24.8 Å². The van der Waals surface area contributed by atoms with Crippen molar-refractivity contribution >= 4 is 5.91 Å². The van der Waals surface area contributed by atoms with Gasteiger partial charge in [0.2, 0.25) is 5.91 Å². The Morgan fingerprint density at radius 2 is 2.14 bits per heavy atom. The monoisotopic (exact) mass is 305 g/mol. The summed E-state index contributed by atoms with van der Waals surface area (Å²) < 4.78 is 5.11. The summed E-state index contributed by atoms with van der Waals surface area (Å²) in [7, 11) is 1.53. The van der Waals surface area contributed by atoms with Crippen molar-refractivity contribution in [1.29, 1.82) is 0 Å². The lowest BCUT2D eigenvalue weighted by atomic mass is 9.56. The number of aromatic hydroxyl groups is 1. The summed E-state index contributed by atoms with van der Waals surface area (Å²) in [6, 6.07) is 5.43. The smallest absolute Gasteiger partial charge is 0.224 e. The molecule has 122 valence electrons. The van der Waals surface area contributed by atoms with Crippen LogP contribution in [0.5, 0.6) is 11.5 Å². The molecule has 1 saturated carbocycles. The van der Waals surface area contributed by atoms with Crippen LogP contribution in [-0.2, 0) is 4.79 Å². The lowest BCUT2D eigenvalue weighted by Crippen LogP contribution is -2.49. The van der Waals surface area contributed by atoms with Crippen LogP contribution >= 0.6 is 0 Å². The van der Waals surface area contributed by atoms with E-state index in [4.69, 9.17) is 10.5 Å². The van der Waals surface area contributed by atoms with Crippen molar-refractivity contribution in [2.75, 3.05) is 7.11 Å². The number of hydrogen-bond acceptors (Lipinski definition) is 3. The number of nitrogens with two attached hydrogens (primary N) is 1. The summed E-state index contributed by atoms with van der Waals surface area (Å²) in [4.78, 5) is 12.4. The molecule has 0 aromatic heterocycles. The minimum atomic E-state index is -0.548. The van der Waals surface area contributed by atoms with Crippen molar-refractivity contribution in [2.45, 2.75) is 46.0 Å². The fourth-order valence-corrected chi connectivity index (χ4v) is 4.02. The molecule has 0 aliphatic heterocycles. The Labute approximate surface area is 132 Å². The predicted molar refractivity (Wildman–Crippen MR) is 86.9 cm³/mol. The van der Waals surface area contributed by atoms with Crippen molar-refractivity contribution in [3.63, 3.8) is 0 Å². The van der Waals surface area contributed by atoms with Gasteiger partial charge in [-0.2, -0.15) is 0 Å². The number of methoxy groups -OCH3 is 1. The Morgan fingerprint density at radius 1 is 1.45 bits per heavy atom. The van der Waals surface area contributed by atoms with Crippen molar-refractivity contribution in [2.24, 2.45) is 23.0 Å². The largest absolute Gasteiger partial charge is 0.504 e. The molecule has 4 nitrogen and oxygen atoms in total. The van der Waals surface area contributed by atoms with E-state index in [1.807, 2.05) is 6.07 Å². The summed E-state index contributed by atoms with van der Waals surface area (Å²) in [5, 5.41) is 10.1. The van der Waals surface area contributed by atoms with Crippen LogP contribution in [0.15, 0.2) is 18.2 Å². The summed E-state index contributed by atoms with van der Waals surface area (Å²) in [6.07, 6.45) is 2.73. The van der Waals surface area contributed by atoms with E-state index in [-0.39, 0.29) is 23.5 Å². The zero-order valence-corrected chi connectivity index (χ0v) is 13.9. The highest BCUT2D eigenvalue weighted by Gasteiger charge is 2.50. The number of phenols is 1. The molecule has 3 unspecified atom stereocenters. The zero-order valence-electron chi connectivity index (χ0n) is 13.9. The number of rotatable bonds is 4. The van der Waals surface area contributed by atoms with Crippen LogP contribution in [0.25, 0.3) is 0 Å². The quantitative estimate of drug-likeness (QED) is 0.895. The molecule has 1 aromatic rings. The first-order chi connectivity index (χ1) is 10.3. The summed E-state index contributed by atoms with van der Waals surface area (Å²) in [6.45, 7) is 6.34. The van der Waals surface area contributed by atoms with Gasteiger partial charge in [0.05, 0.1) is 12.5 Å². The predicted octanol–water partition coefficient (Wildman–Crippen LogP) is 3.43. The number of amides is 1. The van der Waals surface area contributed by atoms with Gasteiger partial charge in [-0.25, -0.2) is 0 Å². The van der Waals surface area contributed by atoms with Gasteiger partial charge in [-0.05, 0) is 54.7 Å². The molecule has 1 fully saturated rings. The number of primary amides is 1. The Morgan fingerprint density at radius 3 is 2.64 bits per heavy atom. The first-order valence-corrected chi connectivity index (χ1v) is 7.99. The molecule has 4 heteroatoms. The highest BCUT2D eigenvalue weighted by atomic mass is 16.5. The van der Waals surface area contributed by atoms with E-state index in [9.17, 15) is 9.90 Å². The standard InChI is InChI=1S/C18H27NO3/c1-11(2)18(17(19)21)8-7-12(3)9-14(18)13-5-6-16(22-4)15(20)10-13/h5-6,10-12,14,20H,7-9H2,1-4H3,(H2,19,21). The van der Waals surface area contributed by atoms with Crippen LogP contribution in [0, 0.1) is 17.3 Å². The van der Waals surface area contributed by atoms with E-state index in [2.05, 4.69) is 20.8 Å². The maximum atomic E-state index is 12.4. The molecule has 3 atom stereocenters. The van der Waals surface area contributed by atoms with Gasteiger partial charge in [0, 0.05) is 0 Å². The first kappa shape index (κ1) is 16.7. The van der Waals surface area contributed by atoms with Crippen LogP contribution < -0.4 is 10.5 Å². The van der Waals surface area contributed by atoms with Gasteiger partial charge >= 0.3 is 0 Å². The molecule has 1 aliphatic rings. The van der Waals surface area contributed by atoms with Crippen molar-refractivity contribution < 1.29 is 14.6 Å². The van der Waals surface area contributed by atoms with Crippen molar-refractivity contribution in [3.8, 4) is 11.5 Å². The van der Waals surface area contributed by atoms with Crippen molar-refractivity contribution in [1.82, 2.24) is 0 Å². The van der Waals surface area contributed by atoms with Gasteiger partial charge < -0.3 is 15.6 Å². The fourth-order valence-electron chi connectivity index (χ4n) is 4.02. The second kappa shape index (κ2) is 6.19.